The van der Waals surface area contributed by atoms with Crippen molar-refractivity contribution < 1.29 is 4.79 Å². The van der Waals surface area contributed by atoms with Gasteiger partial charge in [0, 0.05) is 11.3 Å². The van der Waals surface area contributed by atoms with Gasteiger partial charge in [0.2, 0.25) is 0 Å². The van der Waals surface area contributed by atoms with Crippen LogP contribution in [0.15, 0.2) is 42.5 Å². The van der Waals surface area contributed by atoms with Crippen LogP contribution in [-0.2, 0) is 0 Å². The topological polar surface area (TPSA) is 68.0 Å². The lowest BCUT2D eigenvalue weighted by Gasteiger charge is -2.00. The predicted octanol–water partition coefficient (Wildman–Crippen LogP) is 3.44. The number of fused-ring (bicyclic) bond motifs is 1. The lowest BCUT2D eigenvalue weighted by atomic mass is 10.2. The number of benzene rings is 2. The maximum absolute atomic E-state index is 12.1. The Labute approximate surface area is 120 Å². The molecule has 0 saturated carbocycles. The first-order chi connectivity index (χ1) is 9.63. The highest BCUT2D eigenvalue weighted by Gasteiger charge is 2.11. The average Bonchev–Trinajstić information content (AvgIpc) is 2.82. The van der Waals surface area contributed by atoms with Crippen LogP contribution in [0.3, 0.4) is 0 Å². The SMILES string of the molecule is Cc1cc(N)cc2sc(NC(=O)c3ccccc3)nc12. The maximum atomic E-state index is 12.1. The van der Waals surface area contributed by atoms with E-state index in [4.69, 9.17) is 5.73 Å². The number of carbonyl (C=O) groups is 1. The van der Waals surface area contributed by atoms with Gasteiger partial charge in [0.1, 0.15) is 0 Å². The normalized spacial score (nSPS) is 10.7. The molecule has 0 bridgehead atoms. The number of rotatable bonds is 2. The van der Waals surface area contributed by atoms with E-state index in [-0.39, 0.29) is 5.91 Å². The molecule has 0 spiro atoms. The monoisotopic (exact) mass is 283 g/mol. The summed E-state index contributed by atoms with van der Waals surface area (Å²) in [6.45, 7) is 1.96. The highest BCUT2D eigenvalue weighted by molar-refractivity contribution is 7.22. The molecule has 1 heterocycles. The van der Waals surface area contributed by atoms with Gasteiger partial charge in [-0.15, -0.1) is 0 Å². The molecular weight excluding hydrogens is 270 g/mol. The van der Waals surface area contributed by atoms with Crippen molar-refractivity contribution in [1.82, 2.24) is 4.98 Å². The first-order valence-electron chi connectivity index (χ1n) is 6.16. The van der Waals surface area contributed by atoms with Crippen molar-refractivity contribution in [2.75, 3.05) is 11.1 Å². The second kappa shape index (κ2) is 4.94. The van der Waals surface area contributed by atoms with E-state index in [1.165, 1.54) is 11.3 Å². The number of aromatic nitrogens is 1. The number of nitrogen functional groups attached to an aromatic ring is 1. The molecule has 5 heteroatoms. The third-order valence-corrected chi connectivity index (χ3v) is 3.88. The van der Waals surface area contributed by atoms with Crippen LogP contribution in [0, 0.1) is 6.92 Å². The fourth-order valence-corrected chi connectivity index (χ4v) is 3.02. The smallest absolute Gasteiger partial charge is 0.257 e. The van der Waals surface area contributed by atoms with Gasteiger partial charge in [0.05, 0.1) is 10.2 Å². The van der Waals surface area contributed by atoms with E-state index < -0.39 is 0 Å². The van der Waals surface area contributed by atoms with Gasteiger partial charge in [-0.2, -0.15) is 0 Å². The minimum atomic E-state index is -0.157. The quantitative estimate of drug-likeness (QED) is 0.708. The maximum Gasteiger partial charge on any atom is 0.257 e. The van der Waals surface area contributed by atoms with Gasteiger partial charge in [-0.05, 0) is 36.8 Å². The van der Waals surface area contributed by atoms with Crippen LogP contribution >= 0.6 is 11.3 Å². The van der Waals surface area contributed by atoms with Gasteiger partial charge in [-0.25, -0.2) is 4.98 Å². The van der Waals surface area contributed by atoms with Crippen molar-refractivity contribution in [3.8, 4) is 0 Å². The Morgan fingerprint density at radius 3 is 2.75 bits per heavy atom. The Morgan fingerprint density at radius 1 is 1.25 bits per heavy atom. The zero-order valence-corrected chi connectivity index (χ0v) is 11.7. The number of hydrogen-bond donors (Lipinski definition) is 2. The Hall–Kier alpha value is -2.40. The molecule has 0 radical (unpaired) electrons. The van der Waals surface area contributed by atoms with E-state index in [1.54, 1.807) is 12.1 Å². The fraction of sp³-hybridized carbons (Fsp3) is 0.0667. The number of carbonyl (C=O) groups excluding carboxylic acids is 1. The zero-order chi connectivity index (χ0) is 14.1. The van der Waals surface area contributed by atoms with Crippen molar-refractivity contribution in [3.05, 3.63) is 53.6 Å². The Balaban J connectivity index is 1.92. The van der Waals surface area contributed by atoms with Crippen LogP contribution in [0.1, 0.15) is 15.9 Å². The number of nitrogens with zero attached hydrogens (tertiary/aromatic N) is 1. The summed E-state index contributed by atoms with van der Waals surface area (Å²) in [7, 11) is 0. The van der Waals surface area contributed by atoms with E-state index in [2.05, 4.69) is 10.3 Å². The van der Waals surface area contributed by atoms with Crippen molar-refractivity contribution in [2.24, 2.45) is 0 Å². The molecule has 0 aliphatic heterocycles. The molecule has 2 aromatic carbocycles. The molecule has 0 fully saturated rings. The van der Waals surface area contributed by atoms with Crippen LogP contribution in [0.4, 0.5) is 10.8 Å². The summed E-state index contributed by atoms with van der Waals surface area (Å²) in [6, 6.07) is 12.8. The Kier molecular flexibility index (Phi) is 3.12. The number of anilines is 2. The molecule has 20 heavy (non-hydrogen) atoms. The Bertz CT molecular complexity index is 780. The molecule has 4 nitrogen and oxygen atoms in total. The van der Waals surface area contributed by atoms with Crippen molar-refractivity contribution in [1.29, 1.82) is 0 Å². The van der Waals surface area contributed by atoms with Gasteiger partial charge in [0.25, 0.3) is 5.91 Å². The number of aryl methyl sites for hydroxylation is 1. The first kappa shape index (κ1) is 12.6. The van der Waals surface area contributed by atoms with Gasteiger partial charge < -0.3 is 5.73 Å². The van der Waals surface area contributed by atoms with Crippen LogP contribution < -0.4 is 11.1 Å². The van der Waals surface area contributed by atoms with Crippen molar-refractivity contribution >= 4 is 38.3 Å². The summed E-state index contributed by atoms with van der Waals surface area (Å²) in [6.07, 6.45) is 0. The van der Waals surface area contributed by atoms with Crippen molar-refractivity contribution in [2.45, 2.75) is 6.92 Å². The third kappa shape index (κ3) is 2.35. The predicted molar refractivity (Wildman–Crippen MR) is 83.2 cm³/mol. The van der Waals surface area contributed by atoms with Gasteiger partial charge in [-0.1, -0.05) is 29.5 Å². The molecule has 1 amide bonds. The molecule has 0 unspecified atom stereocenters. The minimum Gasteiger partial charge on any atom is -0.399 e. The minimum absolute atomic E-state index is 0.157. The summed E-state index contributed by atoms with van der Waals surface area (Å²) >= 11 is 1.43. The zero-order valence-electron chi connectivity index (χ0n) is 10.9. The van der Waals surface area contributed by atoms with Crippen LogP contribution in [0.5, 0.6) is 0 Å². The highest BCUT2D eigenvalue weighted by atomic mass is 32.1. The molecule has 0 aliphatic carbocycles. The molecule has 0 atom stereocenters. The first-order valence-corrected chi connectivity index (χ1v) is 6.98. The van der Waals surface area contributed by atoms with Gasteiger partial charge >= 0.3 is 0 Å². The van der Waals surface area contributed by atoms with Crippen LogP contribution in [0.2, 0.25) is 0 Å². The van der Waals surface area contributed by atoms with E-state index >= 15 is 0 Å². The van der Waals surface area contributed by atoms with E-state index in [0.29, 0.717) is 16.4 Å². The van der Waals surface area contributed by atoms with Gasteiger partial charge in [0.15, 0.2) is 5.13 Å². The lowest BCUT2D eigenvalue weighted by Crippen LogP contribution is -2.11. The molecule has 0 aliphatic rings. The summed E-state index contributed by atoms with van der Waals surface area (Å²) in [5, 5.41) is 3.41. The van der Waals surface area contributed by atoms with Crippen LogP contribution in [0.25, 0.3) is 10.2 Å². The van der Waals surface area contributed by atoms with Crippen LogP contribution in [-0.4, -0.2) is 10.9 Å². The second-order valence-corrected chi connectivity index (χ2v) is 5.55. The molecule has 0 saturated heterocycles. The largest absolute Gasteiger partial charge is 0.399 e. The second-order valence-electron chi connectivity index (χ2n) is 4.52. The number of hydrogen-bond acceptors (Lipinski definition) is 4. The van der Waals surface area contributed by atoms with Crippen molar-refractivity contribution in [3.63, 3.8) is 0 Å². The average molecular weight is 283 g/mol. The number of nitrogens with two attached hydrogens (primary N) is 1. The van der Waals surface area contributed by atoms with E-state index in [1.807, 2.05) is 37.3 Å². The number of amides is 1. The third-order valence-electron chi connectivity index (χ3n) is 2.96. The summed E-state index contributed by atoms with van der Waals surface area (Å²) in [5.74, 6) is -0.157. The van der Waals surface area contributed by atoms with E-state index in [9.17, 15) is 4.79 Å². The van der Waals surface area contributed by atoms with E-state index in [0.717, 1.165) is 15.8 Å². The fourth-order valence-electron chi connectivity index (χ4n) is 2.04. The molecule has 3 N–H and O–H groups in total. The molecule has 100 valence electrons. The highest BCUT2D eigenvalue weighted by Crippen LogP contribution is 2.30. The van der Waals surface area contributed by atoms with Gasteiger partial charge in [-0.3, -0.25) is 10.1 Å². The number of nitrogens with one attached hydrogen (secondary N) is 1. The Morgan fingerprint density at radius 2 is 2.00 bits per heavy atom. The molecule has 1 aromatic heterocycles. The standard InChI is InChI=1S/C15H13N3OS/c1-9-7-11(16)8-12-13(9)17-15(20-12)18-14(19)10-5-3-2-4-6-10/h2-8H,16H2,1H3,(H,17,18,19). The lowest BCUT2D eigenvalue weighted by molar-refractivity contribution is 0.102. The molecular formula is C15H13N3OS. The summed E-state index contributed by atoms with van der Waals surface area (Å²) in [4.78, 5) is 16.5. The molecule has 3 rings (SSSR count). The molecule has 3 aromatic rings. The summed E-state index contributed by atoms with van der Waals surface area (Å²) in [5.41, 5.74) is 9.03. The number of thiazole rings is 1. The summed E-state index contributed by atoms with van der Waals surface area (Å²) < 4.78 is 0.978.